The van der Waals surface area contributed by atoms with Gasteiger partial charge < -0.3 is 9.84 Å². The second-order valence-electron chi connectivity index (χ2n) is 5.77. The number of aliphatic hydroxyl groups excluding tert-OH is 1. The largest absolute Gasteiger partial charge is 0.468 e. The van der Waals surface area contributed by atoms with Crippen LogP contribution in [0.15, 0.2) is 35.5 Å². The van der Waals surface area contributed by atoms with Crippen molar-refractivity contribution >= 4 is 11.8 Å². The molecule has 2 rings (SSSR count). The van der Waals surface area contributed by atoms with Gasteiger partial charge in [0.1, 0.15) is 17.8 Å². The molecular weight excluding hydrogens is 292 g/mol. The van der Waals surface area contributed by atoms with E-state index in [2.05, 4.69) is 23.7 Å². The summed E-state index contributed by atoms with van der Waals surface area (Å²) in [6, 6.07) is 0. The average molecular weight is 310 g/mol. The van der Waals surface area contributed by atoms with Gasteiger partial charge in [-0.1, -0.05) is 35.8 Å². The lowest BCUT2D eigenvalue weighted by Gasteiger charge is -2.30. The van der Waals surface area contributed by atoms with Crippen LogP contribution in [0.1, 0.15) is 20.3 Å². The third kappa shape index (κ3) is 3.62. The molecule has 23 heavy (non-hydrogen) atoms. The Hall–Kier alpha value is -2.56. The summed E-state index contributed by atoms with van der Waals surface area (Å²) < 4.78 is 4.74. The highest BCUT2D eigenvalue weighted by molar-refractivity contribution is 6.01. The number of esters is 1. The van der Waals surface area contributed by atoms with E-state index in [9.17, 15) is 14.7 Å². The molecule has 0 aliphatic heterocycles. The summed E-state index contributed by atoms with van der Waals surface area (Å²) >= 11 is 0. The van der Waals surface area contributed by atoms with Crippen molar-refractivity contribution in [1.82, 2.24) is 0 Å². The quantitative estimate of drug-likeness (QED) is 0.488. The number of hydrogen-bond acceptors (Lipinski definition) is 4. The van der Waals surface area contributed by atoms with Crippen molar-refractivity contribution in [3.8, 4) is 23.7 Å². The topological polar surface area (TPSA) is 63.6 Å². The SMILES string of the molecule is COC(=O)C(C(C)=O)C1=C2C[C@](C)(C#C/C=C/C#C[C@@H]2O)C=C1. The monoisotopic (exact) mass is 310 g/mol. The van der Waals surface area contributed by atoms with E-state index in [4.69, 9.17) is 4.74 Å². The van der Waals surface area contributed by atoms with Crippen molar-refractivity contribution in [3.63, 3.8) is 0 Å². The molecule has 3 atom stereocenters. The molecule has 0 aromatic rings. The summed E-state index contributed by atoms with van der Waals surface area (Å²) in [5, 5.41) is 10.4. The van der Waals surface area contributed by atoms with Crippen LogP contribution in [0, 0.1) is 35.0 Å². The van der Waals surface area contributed by atoms with E-state index < -0.39 is 23.4 Å². The highest BCUT2D eigenvalue weighted by atomic mass is 16.5. The number of carbonyl (C=O) groups is 2. The van der Waals surface area contributed by atoms with Gasteiger partial charge in [0, 0.05) is 0 Å². The molecule has 0 saturated heterocycles. The van der Waals surface area contributed by atoms with Gasteiger partial charge in [0.05, 0.1) is 12.5 Å². The minimum atomic E-state index is -1.06. The summed E-state index contributed by atoms with van der Waals surface area (Å²) in [5.41, 5.74) is 0.508. The number of ketones is 1. The van der Waals surface area contributed by atoms with Gasteiger partial charge in [0.15, 0.2) is 0 Å². The molecule has 1 unspecified atom stereocenters. The summed E-state index contributed by atoms with van der Waals surface area (Å²) in [6.07, 6.45) is 6.07. The molecule has 2 bridgehead atoms. The molecule has 1 N–H and O–H groups in total. The number of aliphatic hydroxyl groups is 1. The molecule has 0 heterocycles. The Labute approximate surface area is 135 Å². The maximum atomic E-state index is 12.0. The van der Waals surface area contributed by atoms with Crippen LogP contribution >= 0.6 is 0 Å². The van der Waals surface area contributed by atoms with Crippen molar-refractivity contribution < 1.29 is 19.4 Å². The number of Topliss-reactive ketones (excluding diaryl/α,β-unsaturated/α-hetero) is 1. The standard InChI is InChI=1S/C19H18O4/c1-13(20)17(18(22)23-3)14-9-11-19(2)10-7-5-4-6-8-16(21)15(14)12-19/h4-5,9,11,16-17,21H,12H2,1-3H3/b5-4+/t16-,17?,19+/m0/s1. The third-order valence-corrected chi connectivity index (χ3v) is 3.87. The number of hydrogen-bond donors (Lipinski definition) is 1. The molecule has 2 aliphatic carbocycles. The van der Waals surface area contributed by atoms with Crippen LogP contribution in [-0.4, -0.2) is 30.1 Å². The first-order valence-electron chi connectivity index (χ1n) is 7.25. The molecule has 4 heteroatoms. The van der Waals surface area contributed by atoms with Gasteiger partial charge >= 0.3 is 5.97 Å². The number of allylic oxidation sites excluding steroid dienone is 4. The van der Waals surface area contributed by atoms with Crippen LogP contribution in [0.4, 0.5) is 0 Å². The summed E-state index contributed by atoms with van der Waals surface area (Å²) in [4.78, 5) is 24.0. The van der Waals surface area contributed by atoms with Crippen molar-refractivity contribution in [1.29, 1.82) is 0 Å². The fourth-order valence-corrected chi connectivity index (χ4v) is 2.69. The normalized spacial score (nSPS) is 27.7. The first-order chi connectivity index (χ1) is 10.9. The summed E-state index contributed by atoms with van der Waals surface area (Å²) in [6.45, 7) is 3.27. The highest BCUT2D eigenvalue weighted by Gasteiger charge is 2.36. The molecule has 2 aliphatic rings. The van der Waals surface area contributed by atoms with Crippen molar-refractivity contribution in [3.05, 3.63) is 35.5 Å². The van der Waals surface area contributed by atoms with Gasteiger partial charge in [-0.05, 0) is 43.6 Å². The lowest BCUT2D eigenvalue weighted by atomic mass is 9.73. The van der Waals surface area contributed by atoms with Crippen molar-refractivity contribution in [2.45, 2.75) is 26.4 Å². The maximum absolute atomic E-state index is 12.0. The van der Waals surface area contributed by atoms with Gasteiger partial charge in [0.25, 0.3) is 0 Å². The highest BCUT2D eigenvalue weighted by Crippen LogP contribution is 2.38. The number of carbonyl (C=O) groups excluding carboxylic acids is 2. The zero-order valence-corrected chi connectivity index (χ0v) is 13.3. The second kappa shape index (κ2) is 6.69. The molecule has 0 fully saturated rings. The summed E-state index contributed by atoms with van der Waals surface area (Å²) in [5.74, 6) is 9.41. The molecular formula is C19H18O4. The third-order valence-electron chi connectivity index (χ3n) is 3.87. The van der Waals surface area contributed by atoms with E-state index in [0.29, 0.717) is 17.6 Å². The minimum Gasteiger partial charge on any atom is -0.468 e. The molecule has 0 spiro atoms. The van der Waals surface area contributed by atoms with Crippen LogP contribution in [0.2, 0.25) is 0 Å². The molecule has 0 amide bonds. The number of rotatable bonds is 3. The van der Waals surface area contributed by atoms with Crippen LogP contribution < -0.4 is 0 Å². The molecule has 118 valence electrons. The maximum Gasteiger partial charge on any atom is 0.320 e. The van der Waals surface area contributed by atoms with Crippen molar-refractivity contribution in [2.24, 2.45) is 11.3 Å². The van der Waals surface area contributed by atoms with Crippen LogP contribution in [0.3, 0.4) is 0 Å². The molecule has 4 nitrogen and oxygen atoms in total. The Balaban J connectivity index is 2.61. The van der Waals surface area contributed by atoms with E-state index in [1.54, 1.807) is 18.2 Å². The fraction of sp³-hybridized carbons (Fsp3) is 0.368. The average Bonchev–Trinajstić information content (AvgIpc) is 2.51. The zero-order chi connectivity index (χ0) is 17.0. The van der Waals surface area contributed by atoms with Gasteiger partial charge in [-0.25, -0.2) is 0 Å². The number of fused-ring (bicyclic) bond motifs is 2. The van der Waals surface area contributed by atoms with E-state index >= 15 is 0 Å². The fourth-order valence-electron chi connectivity index (χ4n) is 2.69. The number of ether oxygens (including phenoxy) is 1. The predicted octanol–water partition coefficient (Wildman–Crippen LogP) is 1.56. The van der Waals surface area contributed by atoms with Crippen LogP contribution in [0.5, 0.6) is 0 Å². The predicted molar refractivity (Wildman–Crippen MR) is 85.8 cm³/mol. The first-order valence-corrected chi connectivity index (χ1v) is 7.25. The number of methoxy groups -OCH3 is 1. The smallest absolute Gasteiger partial charge is 0.320 e. The molecule has 0 aromatic heterocycles. The second-order valence-corrected chi connectivity index (χ2v) is 5.77. The summed E-state index contributed by atoms with van der Waals surface area (Å²) in [7, 11) is 1.24. The minimum absolute atomic E-state index is 0.337. The van der Waals surface area contributed by atoms with E-state index in [1.165, 1.54) is 14.0 Å². The molecule has 0 radical (unpaired) electrons. The Bertz CT molecular complexity index is 746. The zero-order valence-electron chi connectivity index (χ0n) is 13.3. The van der Waals surface area contributed by atoms with Gasteiger partial charge in [0.2, 0.25) is 0 Å². The Morgan fingerprint density at radius 2 is 2.09 bits per heavy atom. The van der Waals surface area contributed by atoms with E-state index in [0.717, 1.165) is 0 Å². The Kier molecular flexibility index (Phi) is 4.89. The Morgan fingerprint density at radius 1 is 1.39 bits per heavy atom. The van der Waals surface area contributed by atoms with E-state index in [-0.39, 0.29) is 5.78 Å². The van der Waals surface area contributed by atoms with Crippen molar-refractivity contribution in [2.75, 3.05) is 7.11 Å². The van der Waals surface area contributed by atoms with Gasteiger partial charge in [-0.3, -0.25) is 9.59 Å². The van der Waals surface area contributed by atoms with Gasteiger partial charge in [-0.2, -0.15) is 0 Å². The molecule has 0 aromatic carbocycles. The Morgan fingerprint density at radius 3 is 2.74 bits per heavy atom. The first kappa shape index (κ1) is 16.8. The lowest BCUT2D eigenvalue weighted by Crippen LogP contribution is -2.31. The van der Waals surface area contributed by atoms with Crippen LogP contribution in [-0.2, 0) is 14.3 Å². The molecule has 0 saturated carbocycles. The van der Waals surface area contributed by atoms with E-state index in [1.807, 2.05) is 13.0 Å². The van der Waals surface area contributed by atoms with Gasteiger partial charge in [-0.15, -0.1) is 0 Å². The lowest BCUT2D eigenvalue weighted by molar-refractivity contribution is -0.147. The van der Waals surface area contributed by atoms with Crippen LogP contribution in [0.25, 0.3) is 0 Å².